The molecule has 0 atom stereocenters. The summed E-state index contributed by atoms with van der Waals surface area (Å²) in [6.07, 6.45) is 6.42. The van der Waals surface area contributed by atoms with Crippen molar-refractivity contribution >= 4 is 0 Å². The van der Waals surface area contributed by atoms with Crippen LogP contribution in [0.2, 0.25) is 0 Å². The first kappa shape index (κ1) is 10.6. The third-order valence-corrected chi connectivity index (χ3v) is 2.98. The Kier molecular flexibility index (Phi) is 3.72. The van der Waals surface area contributed by atoms with Gasteiger partial charge < -0.3 is 9.84 Å². The molecule has 1 heterocycles. The molecule has 15 heavy (non-hydrogen) atoms. The zero-order chi connectivity index (χ0) is 10.5. The van der Waals surface area contributed by atoms with E-state index in [4.69, 9.17) is 4.52 Å². The Bertz CT molecular complexity index is 292. The highest BCUT2D eigenvalue weighted by Crippen LogP contribution is 2.30. The third-order valence-electron chi connectivity index (χ3n) is 2.98. The lowest BCUT2D eigenvalue weighted by Crippen LogP contribution is -2.12. The largest absolute Gasteiger partial charge is 0.338 e. The summed E-state index contributed by atoms with van der Waals surface area (Å²) in [4.78, 5) is 4.43. The Balaban J connectivity index is 1.93. The van der Waals surface area contributed by atoms with E-state index in [9.17, 15) is 0 Å². The molecule has 0 unspecified atom stereocenters. The molecule has 1 saturated carbocycles. The molecule has 0 aliphatic heterocycles. The van der Waals surface area contributed by atoms with Gasteiger partial charge in [-0.1, -0.05) is 31.3 Å². The van der Waals surface area contributed by atoms with Crippen molar-refractivity contribution in [2.75, 3.05) is 6.54 Å². The average molecular weight is 209 g/mol. The van der Waals surface area contributed by atoms with Crippen molar-refractivity contribution in [2.45, 2.75) is 51.5 Å². The van der Waals surface area contributed by atoms with Crippen molar-refractivity contribution in [2.24, 2.45) is 0 Å². The van der Waals surface area contributed by atoms with E-state index in [2.05, 4.69) is 22.4 Å². The highest BCUT2D eigenvalue weighted by atomic mass is 16.5. The van der Waals surface area contributed by atoms with E-state index in [1.165, 1.54) is 32.1 Å². The maximum atomic E-state index is 5.20. The molecule has 1 aromatic heterocycles. The lowest BCUT2D eigenvalue weighted by Gasteiger charge is -2.17. The molecule has 1 N–H and O–H groups in total. The molecule has 0 radical (unpaired) electrons. The van der Waals surface area contributed by atoms with Crippen molar-refractivity contribution in [3.63, 3.8) is 0 Å². The molecule has 1 aliphatic rings. The van der Waals surface area contributed by atoms with E-state index in [-0.39, 0.29) is 0 Å². The van der Waals surface area contributed by atoms with Gasteiger partial charge >= 0.3 is 0 Å². The number of aromatic nitrogens is 2. The quantitative estimate of drug-likeness (QED) is 0.826. The van der Waals surface area contributed by atoms with Crippen LogP contribution >= 0.6 is 0 Å². The summed E-state index contributed by atoms with van der Waals surface area (Å²) in [7, 11) is 0. The molecule has 2 rings (SSSR count). The number of nitrogens with zero attached hydrogens (tertiary/aromatic N) is 2. The molecule has 0 bridgehead atoms. The predicted octanol–water partition coefficient (Wildman–Crippen LogP) is 2.23. The summed E-state index contributed by atoms with van der Waals surface area (Å²) >= 11 is 0. The van der Waals surface area contributed by atoms with E-state index in [0.717, 1.165) is 18.3 Å². The fraction of sp³-hybridized carbons (Fsp3) is 0.818. The van der Waals surface area contributed by atoms with Crippen LogP contribution in [0.15, 0.2) is 4.52 Å². The molecular weight excluding hydrogens is 190 g/mol. The topological polar surface area (TPSA) is 51.0 Å². The second-order valence-corrected chi connectivity index (χ2v) is 4.16. The van der Waals surface area contributed by atoms with Gasteiger partial charge in [0.05, 0.1) is 6.54 Å². The predicted molar refractivity (Wildman–Crippen MR) is 57.5 cm³/mol. The Morgan fingerprint density at radius 2 is 2.13 bits per heavy atom. The van der Waals surface area contributed by atoms with Gasteiger partial charge in [0, 0.05) is 5.92 Å². The van der Waals surface area contributed by atoms with Crippen molar-refractivity contribution < 1.29 is 4.52 Å². The number of hydrogen-bond acceptors (Lipinski definition) is 4. The Labute approximate surface area is 90.4 Å². The first-order valence-electron chi connectivity index (χ1n) is 5.93. The summed E-state index contributed by atoms with van der Waals surface area (Å²) in [5.41, 5.74) is 0. The lowest BCUT2D eigenvalue weighted by atomic mass is 9.89. The first-order chi connectivity index (χ1) is 7.40. The van der Waals surface area contributed by atoms with Crippen molar-refractivity contribution in [1.29, 1.82) is 0 Å². The lowest BCUT2D eigenvalue weighted by molar-refractivity contribution is 0.351. The van der Waals surface area contributed by atoms with Gasteiger partial charge in [0.2, 0.25) is 5.89 Å². The minimum Gasteiger partial charge on any atom is -0.338 e. The molecule has 1 aliphatic carbocycles. The van der Waals surface area contributed by atoms with Gasteiger partial charge in [-0.3, -0.25) is 0 Å². The van der Waals surface area contributed by atoms with Crippen LogP contribution < -0.4 is 5.32 Å². The van der Waals surface area contributed by atoms with Crippen LogP contribution in [0, 0.1) is 0 Å². The van der Waals surface area contributed by atoms with E-state index in [1.807, 2.05) is 0 Å². The van der Waals surface area contributed by atoms with E-state index >= 15 is 0 Å². The Morgan fingerprint density at radius 1 is 1.33 bits per heavy atom. The monoisotopic (exact) mass is 209 g/mol. The summed E-state index contributed by atoms with van der Waals surface area (Å²) in [5.74, 6) is 2.18. The summed E-state index contributed by atoms with van der Waals surface area (Å²) in [5, 5.41) is 7.25. The molecule has 0 aromatic carbocycles. The second kappa shape index (κ2) is 5.26. The highest BCUT2D eigenvalue weighted by molar-refractivity contribution is 4.96. The second-order valence-electron chi connectivity index (χ2n) is 4.16. The van der Waals surface area contributed by atoms with Crippen LogP contribution in [0.4, 0.5) is 0 Å². The van der Waals surface area contributed by atoms with Gasteiger partial charge in [-0.15, -0.1) is 0 Å². The molecule has 4 heteroatoms. The number of hydrogen-bond donors (Lipinski definition) is 1. The van der Waals surface area contributed by atoms with Gasteiger partial charge in [0.25, 0.3) is 0 Å². The normalized spacial score (nSPS) is 18.2. The van der Waals surface area contributed by atoms with Crippen molar-refractivity contribution in [3.8, 4) is 0 Å². The van der Waals surface area contributed by atoms with Gasteiger partial charge in [0.15, 0.2) is 5.82 Å². The van der Waals surface area contributed by atoms with Gasteiger partial charge in [-0.25, -0.2) is 0 Å². The minimum absolute atomic E-state index is 0.540. The smallest absolute Gasteiger partial charge is 0.240 e. The molecule has 0 amide bonds. The fourth-order valence-corrected chi connectivity index (χ4v) is 2.10. The highest BCUT2D eigenvalue weighted by Gasteiger charge is 2.20. The zero-order valence-electron chi connectivity index (χ0n) is 9.33. The molecular formula is C11H19N3O. The molecule has 1 fully saturated rings. The van der Waals surface area contributed by atoms with E-state index < -0.39 is 0 Å². The minimum atomic E-state index is 0.540. The van der Waals surface area contributed by atoms with Crippen LogP contribution in [0.25, 0.3) is 0 Å². The Morgan fingerprint density at radius 3 is 2.87 bits per heavy atom. The van der Waals surface area contributed by atoms with Crippen LogP contribution in [0.5, 0.6) is 0 Å². The molecule has 84 valence electrons. The van der Waals surface area contributed by atoms with Crippen LogP contribution in [0.1, 0.15) is 56.7 Å². The SMILES string of the molecule is CCNCc1nc(C2CCCCC2)no1. The summed E-state index contributed by atoms with van der Waals surface area (Å²) in [6.45, 7) is 3.69. The number of nitrogens with one attached hydrogen (secondary N) is 1. The van der Waals surface area contributed by atoms with Crippen LogP contribution in [-0.2, 0) is 6.54 Å². The molecule has 0 saturated heterocycles. The maximum absolute atomic E-state index is 5.20. The molecule has 4 nitrogen and oxygen atoms in total. The van der Waals surface area contributed by atoms with Crippen LogP contribution in [0.3, 0.4) is 0 Å². The maximum Gasteiger partial charge on any atom is 0.240 e. The van der Waals surface area contributed by atoms with Gasteiger partial charge in [-0.2, -0.15) is 4.98 Å². The summed E-state index contributed by atoms with van der Waals surface area (Å²) in [6, 6.07) is 0. The average Bonchev–Trinajstić information content (AvgIpc) is 2.76. The van der Waals surface area contributed by atoms with Crippen molar-refractivity contribution in [1.82, 2.24) is 15.5 Å². The fourth-order valence-electron chi connectivity index (χ4n) is 2.10. The van der Waals surface area contributed by atoms with E-state index in [1.54, 1.807) is 0 Å². The van der Waals surface area contributed by atoms with E-state index in [0.29, 0.717) is 12.5 Å². The third kappa shape index (κ3) is 2.78. The molecule has 0 spiro atoms. The van der Waals surface area contributed by atoms with Crippen molar-refractivity contribution in [3.05, 3.63) is 11.7 Å². The molecule has 1 aromatic rings. The number of rotatable bonds is 4. The Hall–Kier alpha value is -0.900. The standard InChI is InChI=1S/C11H19N3O/c1-2-12-8-10-13-11(14-15-10)9-6-4-3-5-7-9/h9,12H,2-8H2,1H3. The summed E-state index contributed by atoms with van der Waals surface area (Å²) < 4.78 is 5.20. The zero-order valence-corrected chi connectivity index (χ0v) is 9.33. The van der Waals surface area contributed by atoms with Gasteiger partial charge in [-0.05, 0) is 19.4 Å². The first-order valence-corrected chi connectivity index (χ1v) is 5.93. The van der Waals surface area contributed by atoms with Gasteiger partial charge in [0.1, 0.15) is 0 Å². The van der Waals surface area contributed by atoms with Crippen LogP contribution in [-0.4, -0.2) is 16.7 Å².